The third kappa shape index (κ3) is 4.64. The number of methoxy groups -OCH3 is 1. The van der Waals surface area contributed by atoms with Gasteiger partial charge in [-0.2, -0.15) is 0 Å². The van der Waals surface area contributed by atoms with Crippen LogP contribution in [-0.2, 0) is 11.2 Å². The molecule has 0 spiro atoms. The lowest BCUT2D eigenvalue weighted by atomic mass is 10.1. The molecule has 1 N–H and O–H groups in total. The van der Waals surface area contributed by atoms with Gasteiger partial charge in [-0.15, -0.1) is 0 Å². The van der Waals surface area contributed by atoms with E-state index in [0.29, 0.717) is 13.2 Å². The van der Waals surface area contributed by atoms with Gasteiger partial charge >= 0.3 is 0 Å². The van der Waals surface area contributed by atoms with Gasteiger partial charge in [-0.3, -0.25) is 0 Å². The molecule has 16 heavy (non-hydrogen) atoms. The van der Waals surface area contributed by atoms with Crippen LogP contribution in [0.1, 0.15) is 12.5 Å². The van der Waals surface area contributed by atoms with Gasteiger partial charge in [0.05, 0.1) is 6.61 Å². The van der Waals surface area contributed by atoms with Gasteiger partial charge in [0.25, 0.3) is 0 Å². The Morgan fingerprint density at radius 3 is 2.75 bits per heavy atom. The molecule has 0 aliphatic carbocycles. The lowest BCUT2D eigenvalue weighted by Crippen LogP contribution is -2.16. The zero-order valence-corrected chi connectivity index (χ0v) is 10.2. The van der Waals surface area contributed by atoms with Crippen molar-refractivity contribution >= 4 is 0 Å². The number of likely N-dealkylation sites (N-methyl/N-ethyl adjacent to an activating group) is 1. The van der Waals surface area contributed by atoms with E-state index in [1.165, 1.54) is 5.56 Å². The molecule has 0 saturated heterocycles. The molecule has 1 rings (SSSR count). The second-order valence-electron chi connectivity index (χ2n) is 3.55. The van der Waals surface area contributed by atoms with Gasteiger partial charge in [-0.05, 0) is 31.1 Å². The second kappa shape index (κ2) is 8.13. The number of hydrogen-bond donors (Lipinski definition) is 1. The lowest BCUT2D eigenvalue weighted by molar-refractivity contribution is 0.146. The Morgan fingerprint density at radius 2 is 2.00 bits per heavy atom. The van der Waals surface area contributed by atoms with Crippen molar-refractivity contribution in [1.82, 2.24) is 5.32 Å². The first-order valence-electron chi connectivity index (χ1n) is 5.78. The summed E-state index contributed by atoms with van der Waals surface area (Å²) in [7, 11) is 1.68. The maximum absolute atomic E-state index is 5.66. The Bertz CT molecular complexity index is 260. The summed E-state index contributed by atoms with van der Waals surface area (Å²) in [5.74, 6) is 0.970. The summed E-state index contributed by atoms with van der Waals surface area (Å²) in [6, 6.07) is 8.17. The fourth-order valence-corrected chi connectivity index (χ4v) is 1.49. The molecule has 0 fully saturated rings. The third-order valence-electron chi connectivity index (χ3n) is 2.34. The third-order valence-corrected chi connectivity index (χ3v) is 2.34. The van der Waals surface area contributed by atoms with Crippen LogP contribution >= 0.6 is 0 Å². The predicted octanol–water partition coefficient (Wildman–Crippen LogP) is 1.86. The van der Waals surface area contributed by atoms with Crippen LogP contribution in [0.3, 0.4) is 0 Å². The monoisotopic (exact) mass is 223 g/mol. The number of rotatable bonds is 8. The van der Waals surface area contributed by atoms with Crippen molar-refractivity contribution in [1.29, 1.82) is 0 Å². The van der Waals surface area contributed by atoms with Crippen LogP contribution in [0.15, 0.2) is 24.3 Å². The van der Waals surface area contributed by atoms with Crippen molar-refractivity contribution in [2.45, 2.75) is 13.3 Å². The predicted molar refractivity (Wildman–Crippen MR) is 66.1 cm³/mol. The summed E-state index contributed by atoms with van der Waals surface area (Å²) in [5, 5.41) is 3.31. The molecule has 0 aliphatic heterocycles. The van der Waals surface area contributed by atoms with Crippen molar-refractivity contribution < 1.29 is 9.47 Å². The van der Waals surface area contributed by atoms with E-state index in [-0.39, 0.29) is 0 Å². The molecular weight excluding hydrogens is 202 g/mol. The Morgan fingerprint density at radius 1 is 1.19 bits per heavy atom. The largest absolute Gasteiger partial charge is 0.491 e. The summed E-state index contributed by atoms with van der Waals surface area (Å²) in [5.41, 5.74) is 1.25. The Labute approximate surface area is 97.8 Å². The average molecular weight is 223 g/mol. The van der Waals surface area contributed by atoms with E-state index in [9.17, 15) is 0 Å². The van der Waals surface area contributed by atoms with Gasteiger partial charge in [-0.1, -0.05) is 25.1 Å². The van der Waals surface area contributed by atoms with Gasteiger partial charge in [0, 0.05) is 7.11 Å². The number of benzene rings is 1. The van der Waals surface area contributed by atoms with E-state index in [0.717, 1.165) is 25.3 Å². The van der Waals surface area contributed by atoms with Gasteiger partial charge in [-0.25, -0.2) is 0 Å². The molecule has 0 aliphatic rings. The van der Waals surface area contributed by atoms with Crippen molar-refractivity contribution in [2.24, 2.45) is 0 Å². The Balaban J connectivity index is 2.46. The zero-order valence-electron chi connectivity index (χ0n) is 10.2. The normalized spacial score (nSPS) is 10.4. The highest BCUT2D eigenvalue weighted by atomic mass is 16.5. The van der Waals surface area contributed by atoms with Crippen molar-refractivity contribution in [2.75, 3.05) is 33.4 Å². The molecule has 3 nitrogen and oxygen atoms in total. The minimum atomic E-state index is 0.606. The van der Waals surface area contributed by atoms with E-state index in [4.69, 9.17) is 9.47 Å². The summed E-state index contributed by atoms with van der Waals surface area (Å²) < 4.78 is 10.6. The topological polar surface area (TPSA) is 30.5 Å². The van der Waals surface area contributed by atoms with Crippen molar-refractivity contribution in [3.63, 3.8) is 0 Å². The quantitative estimate of drug-likeness (QED) is 0.682. The summed E-state index contributed by atoms with van der Waals surface area (Å²) in [6.07, 6.45) is 0.997. The molecule has 0 amide bonds. The molecule has 0 aromatic heterocycles. The smallest absolute Gasteiger partial charge is 0.122 e. The molecule has 0 unspecified atom stereocenters. The first-order valence-corrected chi connectivity index (χ1v) is 5.78. The molecule has 0 heterocycles. The molecule has 90 valence electrons. The van der Waals surface area contributed by atoms with Crippen LogP contribution in [-0.4, -0.2) is 33.4 Å². The van der Waals surface area contributed by atoms with Gasteiger partial charge in [0.1, 0.15) is 12.4 Å². The van der Waals surface area contributed by atoms with Crippen LogP contribution in [0.5, 0.6) is 5.75 Å². The summed E-state index contributed by atoms with van der Waals surface area (Å²) in [6.45, 7) is 5.34. The molecule has 3 heteroatoms. The summed E-state index contributed by atoms with van der Waals surface area (Å²) >= 11 is 0. The van der Waals surface area contributed by atoms with Gasteiger partial charge in [0.15, 0.2) is 0 Å². The van der Waals surface area contributed by atoms with E-state index in [2.05, 4.69) is 18.3 Å². The van der Waals surface area contributed by atoms with Crippen LogP contribution in [0, 0.1) is 0 Å². The highest BCUT2D eigenvalue weighted by Gasteiger charge is 2.01. The number of ether oxygens (including phenoxy) is 2. The van der Waals surface area contributed by atoms with E-state index in [1.54, 1.807) is 7.11 Å². The minimum absolute atomic E-state index is 0.606. The van der Waals surface area contributed by atoms with E-state index in [1.807, 2.05) is 18.2 Å². The van der Waals surface area contributed by atoms with Crippen LogP contribution in [0.2, 0.25) is 0 Å². The molecule has 1 aromatic carbocycles. The molecule has 1 aromatic rings. The fraction of sp³-hybridized carbons (Fsp3) is 0.538. The maximum Gasteiger partial charge on any atom is 0.122 e. The van der Waals surface area contributed by atoms with Crippen molar-refractivity contribution in [3.8, 4) is 5.75 Å². The Kier molecular flexibility index (Phi) is 6.61. The zero-order chi connectivity index (χ0) is 11.6. The average Bonchev–Trinajstić information content (AvgIpc) is 2.32. The number of nitrogens with one attached hydrogen (secondary N) is 1. The SMILES string of the molecule is CCNCCc1ccccc1OCCOC. The lowest BCUT2D eigenvalue weighted by Gasteiger charge is -2.11. The molecule has 0 radical (unpaired) electrons. The van der Waals surface area contributed by atoms with Crippen LogP contribution in [0.25, 0.3) is 0 Å². The van der Waals surface area contributed by atoms with Gasteiger partial charge in [0.2, 0.25) is 0 Å². The van der Waals surface area contributed by atoms with E-state index < -0.39 is 0 Å². The Hall–Kier alpha value is -1.06. The van der Waals surface area contributed by atoms with E-state index >= 15 is 0 Å². The van der Waals surface area contributed by atoms with Crippen LogP contribution < -0.4 is 10.1 Å². The second-order valence-corrected chi connectivity index (χ2v) is 3.55. The minimum Gasteiger partial charge on any atom is -0.491 e. The fourth-order valence-electron chi connectivity index (χ4n) is 1.49. The highest BCUT2D eigenvalue weighted by Crippen LogP contribution is 2.17. The van der Waals surface area contributed by atoms with Gasteiger partial charge < -0.3 is 14.8 Å². The van der Waals surface area contributed by atoms with Crippen LogP contribution in [0.4, 0.5) is 0 Å². The first kappa shape index (κ1) is 13.0. The number of hydrogen-bond acceptors (Lipinski definition) is 3. The number of para-hydroxylation sites is 1. The molecule has 0 saturated carbocycles. The maximum atomic E-state index is 5.66. The highest BCUT2D eigenvalue weighted by molar-refractivity contribution is 5.33. The first-order chi connectivity index (χ1) is 7.88. The summed E-state index contributed by atoms with van der Waals surface area (Å²) in [4.78, 5) is 0. The van der Waals surface area contributed by atoms with Crippen molar-refractivity contribution in [3.05, 3.63) is 29.8 Å². The molecule has 0 atom stereocenters. The standard InChI is InChI=1S/C13H21NO2/c1-3-14-9-8-12-6-4-5-7-13(12)16-11-10-15-2/h4-7,14H,3,8-11H2,1-2H3. The molecule has 0 bridgehead atoms. The molecular formula is C13H21NO2.